The minimum absolute atomic E-state index is 0.618. The van der Waals surface area contributed by atoms with Crippen LogP contribution >= 0.6 is 0 Å². The molecule has 0 heterocycles. The highest BCUT2D eigenvalue weighted by Crippen LogP contribution is 2.15. The summed E-state index contributed by atoms with van der Waals surface area (Å²) in [5.74, 6) is 0.618. The third-order valence-corrected chi connectivity index (χ3v) is 4.34. The van der Waals surface area contributed by atoms with Crippen LogP contribution in [0, 0.1) is 19.8 Å². The lowest BCUT2D eigenvalue weighted by atomic mass is 9.97. The van der Waals surface area contributed by atoms with Gasteiger partial charge in [-0.05, 0) is 32.6 Å². The van der Waals surface area contributed by atoms with Crippen molar-refractivity contribution in [1.29, 1.82) is 0 Å². The molecule has 0 nitrogen and oxygen atoms in total. The molecule has 130 valence electrons. The van der Waals surface area contributed by atoms with Gasteiger partial charge in [-0.3, -0.25) is 0 Å². The molecule has 0 aliphatic heterocycles. The zero-order chi connectivity index (χ0) is 17.5. The van der Waals surface area contributed by atoms with Gasteiger partial charge in [-0.2, -0.15) is 0 Å². The molecule has 23 heavy (non-hydrogen) atoms. The lowest BCUT2D eigenvalue weighted by Gasteiger charge is -2.08. The minimum atomic E-state index is 0.618. The van der Waals surface area contributed by atoms with Crippen LogP contribution in [0.15, 0.2) is 49.1 Å². The lowest BCUT2D eigenvalue weighted by Crippen LogP contribution is -1.94. The van der Waals surface area contributed by atoms with Crippen molar-refractivity contribution >= 4 is 0 Å². The Morgan fingerprint density at radius 2 is 1.48 bits per heavy atom. The number of benzene rings is 1. The molecular formula is C23H38. The molecule has 1 aromatic carbocycles. The Hall–Kier alpha value is -1.30. The third-order valence-electron chi connectivity index (χ3n) is 4.34. The molecule has 0 saturated heterocycles. The maximum atomic E-state index is 3.94. The van der Waals surface area contributed by atoms with Gasteiger partial charge in [-0.25, -0.2) is 0 Å². The van der Waals surface area contributed by atoms with Crippen LogP contribution in [-0.4, -0.2) is 0 Å². The normalized spacial score (nSPS) is 14.4. The van der Waals surface area contributed by atoms with E-state index in [1.165, 1.54) is 55.2 Å². The van der Waals surface area contributed by atoms with Gasteiger partial charge < -0.3 is 0 Å². The number of allylic oxidation sites excluding steroid dienone is 2. The summed E-state index contributed by atoms with van der Waals surface area (Å²) in [6.45, 7) is 16.2. The molecule has 1 aromatic rings. The molecule has 0 heteroatoms. The molecule has 0 N–H and O–H groups in total. The smallest absolute Gasteiger partial charge is 0.0200 e. The number of hydrogen-bond acceptors (Lipinski definition) is 0. The highest BCUT2D eigenvalue weighted by molar-refractivity contribution is 5.20. The molecule has 0 amide bonds. The van der Waals surface area contributed by atoms with E-state index < -0.39 is 0 Å². The average molecular weight is 315 g/mol. The highest BCUT2D eigenvalue weighted by atomic mass is 14.1. The summed E-state index contributed by atoms with van der Waals surface area (Å²) in [7, 11) is 0. The second-order valence-electron chi connectivity index (χ2n) is 6.72. The first-order chi connectivity index (χ1) is 11.0. The van der Waals surface area contributed by atoms with Gasteiger partial charge >= 0.3 is 0 Å². The Kier molecular flexibility index (Phi) is 13.5. The van der Waals surface area contributed by atoms with Crippen molar-refractivity contribution in [2.45, 2.75) is 79.1 Å². The number of hydrogen-bond donors (Lipinski definition) is 0. The van der Waals surface area contributed by atoms with Gasteiger partial charge in [-0.15, -0.1) is 6.58 Å². The summed E-state index contributed by atoms with van der Waals surface area (Å²) in [6.07, 6.45) is 13.1. The van der Waals surface area contributed by atoms with Crippen molar-refractivity contribution in [3.8, 4) is 0 Å². The molecule has 1 aliphatic carbocycles. The van der Waals surface area contributed by atoms with E-state index in [9.17, 15) is 0 Å². The Morgan fingerprint density at radius 3 is 1.74 bits per heavy atom. The van der Waals surface area contributed by atoms with Gasteiger partial charge in [0.05, 0.1) is 0 Å². The van der Waals surface area contributed by atoms with E-state index >= 15 is 0 Å². The van der Waals surface area contributed by atoms with E-state index in [4.69, 9.17) is 0 Å². The SMILES string of the molecule is C1CCCCC1.C=CCC(C)C(=C)CC.Cc1cccc(C)c1. The lowest BCUT2D eigenvalue weighted by molar-refractivity contribution is 0.504. The molecule has 0 bridgehead atoms. The van der Waals surface area contributed by atoms with E-state index in [1.54, 1.807) is 0 Å². The summed E-state index contributed by atoms with van der Waals surface area (Å²) in [4.78, 5) is 0. The zero-order valence-electron chi connectivity index (χ0n) is 16.0. The fourth-order valence-corrected chi connectivity index (χ4v) is 2.63. The zero-order valence-corrected chi connectivity index (χ0v) is 16.0. The molecular weight excluding hydrogens is 276 g/mol. The van der Waals surface area contributed by atoms with E-state index in [0.29, 0.717) is 5.92 Å². The molecule has 1 unspecified atom stereocenters. The number of rotatable bonds is 4. The molecule has 1 saturated carbocycles. The fourth-order valence-electron chi connectivity index (χ4n) is 2.63. The van der Waals surface area contributed by atoms with Crippen LogP contribution in [0.3, 0.4) is 0 Å². The van der Waals surface area contributed by atoms with Gasteiger partial charge in [0.1, 0.15) is 0 Å². The molecule has 1 fully saturated rings. The molecule has 0 radical (unpaired) electrons. The summed E-state index contributed by atoms with van der Waals surface area (Å²) in [5, 5.41) is 0. The Bertz CT molecular complexity index is 395. The second-order valence-corrected chi connectivity index (χ2v) is 6.72. The van der Waals surface area contributed by atoms with Crippen LogP contribution in [0.5, 0.6) is 0 Å². The minimum Gasteiger partial charge on any atom is -0.103 e. The van der Waals surface area contributed by atoms with E-state index in [-0.39, 0.29) is 0 Å². The Morgan fingerprint density at radius 1 is 1.04 bits per heavy atom. The van der Waals surface area contributed by atoms with Gasteiger partial charge in [0.2, 0.25) is 0 Å². The largest absolute Gasteiger partial charge is 0.103 e. The quantitative estimate of drug-likeness (QED) is 0.497. The maximum absolute atomic E-state index is 3.94. The first-order valence-electron chi connectivity index (χ1n) is 9.33. The van der Waals surface area contributed by atoms with Crippen molar-refractivity contribution in [1.82, 2.24) is 0 Å². The molecule has 1 aliphatic rings. The van der Waals surface area contributed by atoms with Crippen LogP contribution in [0.4, 0.5) is 0 Å². The number of aryl methyl sites for hydroxylation is 2. The maximum Gasteiger partial charge on any atom is -0.0200 e. The van der Waals surface area contributed by atoms with Gasteiger partial charge in [0.25, 0.3) is 0 Å². The van der Waals surface area contributed by atoms with Crippen LogP contribution in [0.2, 0.25) is 0 Å². The van der Waals surface area contributed by atoms with Crippen molar-refractivity contribution in [3.63, 3.8) is 0 Å². The van der Waals surface area contributed by atoms with E-state index in [1.807, 2.05) is 6.08 Å². The molecule has 2 rings (SSSR count). The van der Waals surface area contributed by atoms with Crippen LogP contribution in [-0.2, 0) is 0 Å². The van der Waals surface area contributed by atoms with Crippen LogP contribution in [0.1, 0.15) is 76.3 Å². The Balaban J connectivity index is 0.000000321. The Labute approximate surface area is 145 Å². The van der Waals surface area contributed by atoms with Crippen molar-refractivity contribution < 1.29 is 0 Å². The summed E-state index contributed by atoms with van der Waals surface area (Å²) < 4.78 is 0. The van der Waals surface area contributed by atoms with Gasteiger partial charge in [-0.1, -0.05) is 106 Å². The van der Waals surface area contributed by atoms with E-state index in [2.05, 4.69) is 65.1 Å². The van der Waals surface area contributed by atoms with Crippen molar-refractivity contribution in [3.05, 3.63) is 60.2 Å². The van der Waals surface area contributed by atoms with Crippen molar-refractivity contribution in [2.24, 2.45) is 5.92 Å². The summed E-state index contributed by atoms with van der Waals surface area (Å²) in [5.41, 5.74) is 4.00. The first-order valence-corrected chi connectivity index (χ1v) is 9.33. The molecule has 1 atom stereocenters. The standard InChI is InChI=1S/C9H16.C8H10.C6H12/c1-5-7-9(4)8(3)6-2;1-7-4-3-5-8(2)6-7;1-2-4-6-5-3-1/h5,9H,1,3,6-7H2,2,4H3;3-6H,1-2H3;1-6H2. The monoisotopic (exact) mass is 314 g/mol. The van der Waals surface area contributed by atoms with Crippen LogP contribution < -0.4 is 0 Å². The predicted molar refractivity (Wildman–Crippen MR) is 107 cm³/mol. The van der Waals surface area contributed by atoms with E-state index in [0.717, 1.165) is 12.8 Å². The van der Waals surface area contributed by atoms with Crippen molar-refractivity contribution in [2.75, 3.05) is 0 Å². The predicted octanol–water partition coefficient (Wildman–Crippen LogP) is 7.81. The van der Waals surface area contributed by atoms with Gasteiger partial charge in [0.15, 0.2) is 0 Å². The summed E-state index contributed by atoms with van der Waals surface area (Å²) >= 11 is 0. The average Bonchev–Trinajstić information content (AvgIpc) is 2.57. The third kappa shape index (κ3) is 12.9. The molecule has 0 spiro atoms. The highest BCUT2D eigenvalue weighted by Gasteiger charge is 2.00. The van der Waals surface area contributed by atoms with Gasteiger partial charge in [0, 0.05) is 0 Å². The molecule has 0 aromatic heterocycles. The summed E-state index contributed by atoms with van der Waals surface area (Å²) in [6, 6.07) is 8.45. The van der Waals surface area contributed by atoms with Crippen LogP contribution in [0.25, 0.3) is 0 Å². The first kappa shape index (κ1) is 21.7. The fraction of sp³-hybridized carbons (Fsp3) is 0.565. The topological polar surface area (TPSA) is 0 Å². The second kappa shape index (κ2) is 14.3.